The number of carbonyl (C=O) groups excluding carboxylic acids is 1. The van der Waals surface area contributed by atoms with Gasteiger partial charge in [0.05, 0.1) is 0 Å². The van der Waals surface area contributed by atoms with E-state index in [1.807, 2.05) is 18.7 Å². The van der Waals surface area contributed by atoms with Gasteiger partial charge in [-0.05, 0) is 12.8 Å². The predicted molar refractivity (Wildman–Crippen MR) is 62.2 cm³/mol. The van der Waals surface area contributed by atoms with E-state index >= 15 is 0 Å². The summed E-state index contributed by atoms with van der Waals surface area (Å²) in [6, 6.07) is 0. The Morgan fingerprint density at radius 3 is 2.56 bits per heavy atom. The molecule has 5 nitrogen and oxygen atoms in total. The first-order chi connectivity index (χ1) is 7.59. The summed E-state index contributed by atoms with van der Waals surface area (Å²) >= 11 is 0. The van der Waals surface area contributed by atoms with Crippen LogP contribution in [0.2, 0.25) is 0 Å². The van der Waals surface area contributed by atoms with Crippen molar-refractivity contribution in [3.63, 3.8) is 0 Å². The fourth-order valence-electron chi connectivity index (χ4n) is 1.92. The average Bonchev–Trinajstić information content (AvgIpc) is 2.84. The zero-order chi connectivity index (χ0) is 11.7. The van der Waals surface area contributed by atoms with Crippen molar-refractivity contribution >= 4 is 11.7 Å². The largest absolute Gasteiger partial charge is 0.382 e. The molecule has 0 spiro atoms. The maximum atomic E-state index is 12.1. The normalized spacial score (nSPS) is 16.1. The molecule has 0 unspecified atom stereocenters. The van der Waals surface area contributed by atoms with Gasteiger partial charge in [0, 0.05) is 19.0 Å². The Morgan fingerprint density at radius 2 is 2.06 bits per heavy atom. The first kappa shape index (κ1) is 11.0. The summed E-state index contributed by atoms with van der Waals surface area (Å²) in [4.78, 5) is 21.1. The minimum Gasteiger partial charge on any atom is -0.382 e. The second kappa shape index (κ2) is 4.15. The van der Waals surface area contributed by atoms with Crippen LogP contribution in [0.1, 0.15) is 48.9 Å². The number of rotatable bonds is 2. The molecule has 1 saturated heterocycles. The molecule has 0 aliphatic carbocycles. The highest BCUT2D eigenvalue weighted by atomic mass is 16.2. The van der Waals surface area contributed by atoms with Gasteiger partial charge in [-0.3, -0.25) is 4.79 Å². The Morgan fingerprint density at radius 1 is 1.44 bits per heavy atom. The van der Waals surface area contributed by atoms with Crippen LogP contribution in [-0.2, 0) is 0 Å². The van der Waals surface area contributed by atoms with Gasteiger partial charge in [-0.2, -0.15) is 0 Å². The molecule has 0 saturated carbocycles. The number of hydrogen-bond acceptors (Lipinski definition) is 3. The van der Waals surface area contributed by atoms with Crippen LogP contribution in [0.4, 0.5) is 5.82 Å². The molecule has 88 valence electrons. The van der Waals surface area contributed by atoms with Gasteiger partial charge in [0.1, 0.15) is 11.5 Å². The number of hydrogen-bond donors (Lipinski definition) is 2. The Bertz CT molecular complexity index is 391. The van der Waals surface area contributed by atoms with Crippen molar-refractivity contribution in [1.29, 1.82) is 0 Å². The number of aromatic nitrogens is 2. The van der Waals surface area contributed by atoms with Crippen molar-refractivity contribution in [2.24, 2.45) is 0 Å². The molecule has 3 N–H and O–H groups in total. The number of amides is 1. The number of nitrogen functional groups attached to an aromatic ring is 1. The molecule has 0 radical (unpaired) electrons. The van der Waals surface area contributed by atoms with Crippen LogP contribution in [-0.4, -0.2) is 33.9 Å². The van der Waals surface area contributed by atoms with E-state index in [1.54, 1.807) is 0 Å². The van der Waals surface area contributed by atoms with Gasteiger partial charge in [0.2, 0.25) is 0 Å². The van der Waals surface area contributed by atoms with Crippen LogP contribution < -0.4 is 5.73 Å². The molecule has 0 atom stereocenters. The fraction of sp³-hybridized carbons (Fsp3) is 0.636. The third-order valence-corrected chi connectivity index (χ3v) is 2.90. The first-order valence-electron chi connectivity index (χ1n) is 5.74. The van der Waals surface area contributed by atoms with E-state index in [4.69, 9.17) is 5.73 Å². The summed E-state index contributed by atoms with van der Waals surface area (Å²) in [7, 11) is 0. The van der Waals surface area contributed by atoms with E-state index in [0.717, 1.165) is 31.8 Å². The van der Waals surface area contributed by atoms with Crippen LogP contribution in [0.15, 0.2) is 0 Å². The number of anilines is 1. The van der Waals surface area contributed by atoms with Crippen molar-refractivity contribution in [2.75, 3.05) is 18.8 Å². The average molecular weight is 222 g/mol. The van der Waals surface area contributed by atoms with E-state index in [0.29, 0.717) is 11.5 Å². The second-order valence-electron chi connectivity index (χ2n) is 4.54. The topological polar surface area (TPSA) is 75.0 Å². The molecule has 1 fully saturated rings. The summed E-state index contributed by atoms with van der Waals surface area (Å²) in [5.74, 6) is 1.33. The molecule has 1 aliphatic rings. The number of H-pyrrole nitrogens is 1. The second-order valence-corrected chi connectivity index (χ2v) is 4.54. The number of nitrogens with zero attached hydrogens (tertiary/aromatic N) is 2. The first-order valence-corrected chi connectivity index (χ1v) is 5.74. The van der Waals surface area contributed by atoms with E-state index in [-0.39, 0.29) is 11.8 Å². The van der Waals surface area contributed by atoms with E-state index in [2.05, 4.69) is 9.97 Å². The molecule has 5 heteroatoms. The molecule has 2 heterocycles. The maximum absolute atomic E-state index is 12.1. The van der Waals surface area contributed by atoms with Crippen LogP contribution in [0.5, 0.6) is 0 Å². The highest BCUT2D eigenvalue weighted by Gasteiger charge is 2.24. The highest BCUT2D eigenvalue weighted by Crippen LogP contribution is 2.19. The van der Waals surface area contributed by atoms with E-state index < -0.39 is 0 Å². The third kappa shape index (κ3) is 1.89. The van der Waals surface area contributed by atoms with Crippen molar-refractivity contribution in [3.8, 4) is 0 Å². The minimum atomic E-state index is -0.0191. The molecular formula is C11H18N4O. The number of nitrogens with two attached hydrogens (primary N) is 1. The minimum absolute atomic E-state index is 0.0191. The van der Waals surface area contributed by atoms with E-state index in [1.165, 1.54) is 0 Å². The molecule has 1 aromatic heterocycles. The molecule has 1 amide bonds. The maximum Gasteiger partial charge on any atom is 0.274 e. The van der Waals surface area contributed by atoms with Crippen LogP contribution in [0.3, 0.4) is 0 Å². The number of nitrogens with one attached hydrogen (secondary N) is 1. The molecule has 2 rings (SSSR count). The smallest absolute Gasteiger partial charge is 0.274 e. The summed E-state index contributed by atoms with van der Waals surface area (Å²) in [6.45, 7) is 5.69. The lowest BCUT2D eigenvalue weighted by Crippen LogP contribution is -2.28. The summed E-state index contributed by atoms with van der Waals surface area (Å²) in [6.07, 6.45) is 2.16. The van der Waals surface area contributed by atoms with Gasteiger partial charge < -0.3 is 15.6 Å². The molecule has 1 aromatic rings. The molecule has 0 bridgehead atoms. The monoisotopic (exact) mass is 222 g/mol. The Labute approximate surface area is 95.0 Å². The van der Waals surface area contributed by atoms with Gasteiger partial charge in [-0.25, -0.2) is 4.98 Å². The van der Waals surface area contributed by atoms with Gasteiger partial charge in [-0.1, -0.05) is 13.8 Å². The lowest BCUT2D eigenvalue weighted by Gasteiger charge is -2.13. The van der Waals surface area contributed by atoms with Crippen LogP contribution in [0, 0.1) is 0 Å². The summed E-state index contributed by atoms with van der Waals surface area (Å²) in [5, 5.41) is 0. The highest BCUT2D eigenvalue weighted by molar-refractivity contribution is 5.96. The molecule has 0 aromatic carbocycles. The number of aromatic amines is 1. The van der Waals surface area contributed by atoms with Gasteiger partial charge in [-0.15, -0.1) is 0 Å². The van der Waals surface area contributed by atoms with Crippen molar-refractivity contribution in [1.82, 2.24) is 14.9 Å². The zero-order valence-electron chi connectivity index (χ0n) is 9.79. The van der Waals surface area contributed by atoms with Gasteiger partial charge in [0.15, 0.2) is 5.82 Å². The molecular weight excluding hydrogens is 204 g/mol. The van der Waals surface area contributed by atoms with E-state index in [9.17, 15) is 4.79 Å². The number of likely N-dealkylation sites (tertiary alicyclic amines) is 1. The molecule has 16 heavy (non-hydrogen) atoms. The molecule has 1 aliphatic heterocycles. The van der Waals surface area contributed by atoms with Crippen LogP contribution >= 0.6 is 0 Å². The quantitative estimate of drug-likeness (QED) is 0.793. The van der Waals surface area contributed by atoms with Gasteiger partial charge in [0.25, 0.3) is 5.91 Å². The van der Waals surface area contributed by atoms with Crippen LogP contribution in [0.25, 0.3) is 0 Å². The summed E-state index contributed by atoms with van der Waals surface area (Å²) < 4.78 is 0. The SMILES string of the molecule is CC(C)c1nc(N)c(C(=O)N2CCCC2)[nH]1. The van der Waals surface area contributed by atoms with Crippen molar-refractivity contribution < 1.29 is 4.79 Å². The van der Waals surface area contributed by atoms with Gasteiger partial charge >= 0.3 is 0 Å². The third-order valence-electron chi connectivity index (χ3n) is 2.90. The summed E-state index contributed by atoms with van der Waals surface area (Å²) in [5.41, 5.74) is 6.21. The zero-order valence-corrected chi connectivity index (χ0v) is 9.79. The Balaban J connectivity index is 2.22. The van der Waals surface area contributed by atoms with Crippen molar-refractivity contribution in [3.05, 3.63) is 11.5 Å². The predicted octanol–water partition coefficient (Wildman–Crippen LogP) is 1.35. The fourth-order valence-corrected chi connectivity index (χ4v) is 1.92. The lowest BCUT2D eigenvalue weighted by molar-refractivity contribution is 0.0788. The number of carbonyl (C=O) groups is 1. The number of imidazole rings is 1. The Kier molecular flexibility index (Phi) is 2.85. The standard InChI is InChI=1S/C11H18N4O/c1-7(2)10-13-8(9(12)14-10)11(16)15-5-3-4-6-15/h7H,3-6,12H2,1-2H3,(H,13,14). The lowest BCUT2D eigenvalue weighted by atomic mass is 10.2. The van der Waals surface area contributed by atoms with Crippen molar-refractivity contribution in [2.45, 2.75) is 32.6 Å². The Hall–Kier alpha value is -1.52.